The zero-order valence-corrected chi connectivity index (χ0v) is 19.9. The van der Waals surface area contributed by atoms with E-state index in [1.54, 1.807) is 12.1 Å². The Bertz CT molecular complexity index is 1180. The Balaban J connectivity index is 1.55. The molecule has 2 aromatic carbocycles. The summed E-state index contributed by atoms with van der Waals surface area (Å²) in [5, 5.41) is 4.19. The zero-order valence-electron chi connectivity index (χ0n) is 17.6. The summed E-state index contributed by atoms with van der Waals surface area (Å²) in [5.74, 6) is 0.130. The lowest BCUT2D eigenvalue weighted by Gasteiger charge is -2.28. The molecule has 0 aromatic heterocycles. The maximum atomic E-state index is 12.6. The number of fused-ring (bicyclic) bond motifs is 1. The largest absolute Gasteiger partial charge is 0.325 e. The van der Waals surface area contributed by atoms with Crippen LogP contribution in [0.1, 0.15) is 16.7 Å². The molecule has 2 aliphatic rings. The average molecular weight is 478 g/mol. The first-order valence-electron chi connectivity index (χ1n) is 9.97. The smallest absolute Gasteiger partial charge is 0.234 e. The molecule has 0 unspecified atom stereocenters. The van der Waals surface area contributed by atoms with Crippen molar-refractivity contribution in [2.45, 2.75) is 32.9 Å². The fourth-order valence-electron chi connectivity index (χ4n) is 3.95. The third kappa shape index (κ3) is 4.61. The topological polar surface area (TPSA) is 78.8 Å². The highest BCUT2D eigenvalue weighted by molar-refractivity contribution is 8.14. The highest BCUT2D eigenvalue weighted by Crippen LogP contribution is 2.37. The van der Waals surface area contributed by atoms with Crippen LogP contribution in [0.5, 0.6) is 0 Å². The van der Waals surface area contributed by atoms with E-state index >= 15 is 0 Å². The number of hydrogen-bond acceptors (Lipinski definition) is 6. The fourth-order valence-corrected chi connectivity index (χ4v) is 6.89. The van der Waals surface area contributed by atoms with Crippen LogP contribution in [0.2, 0.25) is 5.02 Å². The number of thioether (sulfide) groups is 1. The van der Waals surface area contributed by atoms with E-state index in [0.29, 0.717) is 15.9 Å². The van der Waals surface area contributed by atoms with Crippen LogP contribution < -0.4 is 10.2 Å². The van der Waals surface area contributed by atoms with E-state index in [2.05, 4.69) is 5.32 Å². The SMILES string of the molecule is Cc1ccc(C)c(N2C(SCC(=O)Nc3cccc(Cl)c3C)=N[C@H]3CS(=O)(=O)C[C@@H]32)c1. The number of anilines is 2. The maximum absolute atomic E-state index is 12.6. The molecule has 1 saturated heterocycles. The Labute approximate surface area is 192 Å². The highest BCUT2D eigenvalue weighted by Gasteiger charge is 2.47. The second-order valence-corrected chi connectivity index (χ2v) is 11.5. The first-order chi connectivity index (χ1) is 14.6. The van der Waals surface area contributed by atoms with Gasteiger partial charge in [0.15, 0.2) is 15.0 Å². The van der Waals surface area contributed by atoms with Crippen molar-refractivity contribution < 1.29 is 13.2 Å². The molecule has 0 saturated carbocycles. The number of carbonyl (C=O) groups excluding carboxylic acids is 1. The second-order valence-electron chi connectivity index (χ2n) is 8.03. The number of halogens is 1. The average Bonchev–Trinajstić information content (AvgIpc) is 3.17. The van der Waals surface area contributed by atoms with Crippen LogP contribution >= 0.6 is 23.4 Å². The molecule has 2 aromatic rings. The molecule has 2 aliphatic heterocycles. The quantitative estimate of drug-likeness (QED) is 0.720. The number of amidine groups is 1. The number of nitrogens with one attached hydrogen (secondary N) is 1. The van der Waals surface area contributed by atoms with Crippen molar-refractivity contribution in [2.24, 2.45) is 4.99 Å². The van der Waals surface area contributed by atoms with Crippen LogP contribution in [0.25, 0.3) is 0 Å². The van der Waals surface area contributed by atoms with E-state index in [1.807, 2.05) is 49.9 Å². The van der Waals surface area contributed by atoms with Crippen LogP contribution in [0.15, 0.2) is 41.4 Å². The normalized spacial score (nSPS) is 21.7. The molecule has 1 amide bonds. The van der Waals surface area contributed by atoms with E-state index in [9.17, 15) is 13.2 Å². The third-order valence-corrected chi connectivity index (χ3v) is 8.68. The summed E-state index contributed by atoms with van der Waals surface area (Å²) in [6, 6.07) is 11.0. The molecule has 0 aliphatic carbocycles. The summed E-state index contributed by atoms with van der Waals surface area (Å²) in [7, 11) is -3.12. The lowest BCUT2D eigenvalue weighted by Crippen LogP contribution is -2.40. The van der Waals surface area contributed by atoms with Gasteiger partial charge in [0, 0.05) is 16.4 Å². The Morgan fingerprint density at radius 2 is 2.00 bits per heavy atom. The number of nitrogens with zero attached hydrogens (tertiary/aromatic N) is 2. The standard InChI is InChI=1S/C22H24ClN3O3S2/c1-13-7-8-14(2)19(9-13)26-20-12-31(28,29)11-18(20)25-22(26)30-10-21(27)24-17-6-4-5-16(23)15(17)3/h4-9,18,20H,10-12H2,1-3H3,(H,24,27)/t18-,20-/m0/s1. The van der Waals surface area contributed by atoms with Crippen LogP contribution in [0.3, 0.4) is 0 Å². The van der Waals surface area contributed by atoms with Gasteiger partial charge in [-0.3, -0.25) is 9.79 Å². The van der Waals surface area contributed by atoms with Crippen molar-refractivity contribution >= 4 is 55.6 Å². The molecule has 6 nitrogen and oxygen atoms in total. The van der Waals surface area contributed by atoms with Crippen LogP contribution in [0, 0.1) is 20.8 Å². The number of rotatable bonds is 4. The van der Waals surface area contributed by atoms with Gasteiger partial charge in [0.2, 0.25) is 5.91 Å². The molecule has 2 atom stereocenters. The first kappa shape index (κ1) is 22.2. The van der Waals surface area contributed by atoms with Gasteiger partial charge < -0.3 is 10.2 Å². The minimum absolute atomic E-state index is 0.0526. The third-order valence-electron chi connectivity index (χ3n) is 5.61. The van der Waals surface area contributed by atoms with Gasteiger partial charge in [-0.2, -0.15) is 0 Å². The molecule has 2 heterocycles. The molecular formula is C22H24ClN3O3S2. The summed E-state index contributed by atoms with van der Waals surface area (Å²) < 4.78 is 24.5. The van der Waals surface area contributed by atoms with Crippen molar-refractivity contribution in [3.63, 3.8) is 0 Å². The Hall–Kier alpha value is -2.03. The number of aliphatic imine (C=N–C) groups is 1. The molecule has 0 bridgehead atoms. The Morgan fingerprint density at radius 3 is 2.77 bits per heavy atom. The maximum Gasteiger partial charge on any atom is 0.234 e. The van der Waals surface area contributed by atoms with Crippen molar-refractivity contribution in [3.8, 4) is 0 Å². The van der Waals surface area contributed by atoms with Gasteiger partial charge in [-0.05, 0) is 55.7 Å². The van der Waals surface area contributed by atoms with Gasteiger partial charge in [-0.1, -0.05) is 41.6 Å². The van der Waals surface area contributed by atoms with Gasteiger partial charge in [0.25, 0.3) is 0 Å². The van der Waals surface area contributed by atoms with Gasteiger partial charge in [-0.25, -0.2) is 8.42 Å². The Kier molecular flexibility index (Phi) is 6.07. The van der Waals surface area contributed by atoms with Crippen LogP contribution in [0.4, 0.5) is 11.4 Å². The van der Waals surface area contributed by atoms with Crippen molar-refractivity contribution in [2.75, 3.05) is 27.5 Å². The van der Waals surface area contributed by atoms with E-state index in [-0.39, 0.29) is 35.2 Å². The first-order valence-corrected chi connectivity index (χ1v) is 13.2. The van der Waals surface area contributed by atoms with Gasteiger partial charge in [-0.15, -0.1) is 0 Å². The van der Waals surface area contributed by atoms with Crippen molar-refractivity contribution in [3.05, 3.63) is 58.1 Å². The summed E-state index contributed by atoms with van der Waals surface area (Å²) in [6.07, 6.45) is 0. The molecule has 164 valence electrons. The lowest BCUT2D eigenvalue weighted by atomic mass is 10.1. The molecule has 4 rings (SSSR count). The second kappa shape index (κ2) is 8.48. The highest BCUT2D eigenvalue weighted by atomic mass is 35.5. The molecule has 0 spiro atoms. The number of carbonyl (C=O) groups is 1. The summed E-state index contributed by atoms with van der Waals surface area (Å²) in [5.41, 5.74) is 4.58. The predicted octanol–water partition coefficient (Wildman–Crippen LogP) is 3.98. The summed E-state index contributed by atoms with van der Waals surface area (Å²) in [6.45, 7) is 5.87. The minimum Gasteiger partial charge on any atom is -0.325 e. The molecule has 1 fully saturated rings. The van der Waals surface area contributed by atoms with E-state index in [1.165, 1.54) is 11.8 Å². The molecule has 0 radical (unpaired) electrons. The van der Waals surface area contributed by atoms with Gasteiger partial charge >= 0.3 is 0 Å². The molecule has 9 heteroatoms. The number of aryl methyl sites for hydroxylation is 2. The summed E-state index contributed by atoms with van der Waals surface area (Å²) >= 11 is 7.47. The Morgan fingerprint density at radius 1 is 1.23 bits per heavy atom. The van der Waals surface area contributed by atoms with Crippen LogP contribution in [-0.2, 0) is 14.6 Å². The monoisotopic (exact) mass is 477 g/mol. The molecule has 31 heavy (non-hydrogen) atoms. The number of sulfone groups is 1. The van der Waals surface area contributed by atoms with Gasteiger partial charge in [0.1, 0.15) is 0 Å². The minimum atomic E-state index is -3.12. The number of amides is 1. The molecular weight excluding hydrogens is 454 g/mol. The van der Waals surface area contributed by atoms with E-state index in [4.69, 9.17) is 16.6 Å². The predicted molar refractivity (Wildman–Crippen MR) is 129 cm³/mol. The number of hydrogen-bond donors (Lipinski definition) is 1. The van der Waals surface area contributed by atoms with Crippen LogP contribution in [-0.4, -0.2) is 48.8 Å². The molecule has 1 N–H and O–H groups in total. The lowest BCUT2D eigenvalue weighted by molar-refractivity contribution is -0.113. The van der Waals surface area contributed by atoms with Gasteiger partial charge in [0.05, 0.1) is 29.3 Å². The number of benzene rings is 2. The fraction of sp³-hybridized carbons (Fsp3) is 0.364. The van der Waals surface area contributed by atoms with Crippen molar-refractivity contribution in [1.82, 2.24) is 0 Å². The zero-order chi connectivity index (χ0) is 22.3. The van der Waals surface area contributed by atoms with Crippen molar-refractivity contribution in [1.29, 1.82) is 0 Å². The summed E-state index contributed by atoms with van der Waals surface area (Å²) in [4.78, 5) is 19.3. The van der Waals surface area contributed by atoms with E-state index < -0.39 is 9.84 Å². The van der Waals surface area contributed by atoms with E-state index in [0.717, 1.165) is 22.4 Å².